The molecule has 4 nitrogen and oxygen atoms in total. The van der Waals surface area contributed by atoms with Gasteiger partial charge in [0.2, 0.25) is 5.95 Å². The van der Waals surface area contributed by atoms with Gasteiger partial charge in [0.1, 0.15) is 0 Å². The molecule has 1 aromatic rings. The molecule has 0 atom stereocenters. The predicted octanol–water partition coefficient (Wildman–Crippen LogP) is 0.522. The number of nitrogens with zero attached hydrogens (tertiary/aromatic N) is 3. The Balaban J connectivity index is 1.49. The lowest BCUT2D eigenvalue weighted by Gasteiger charge is -2.42. The maximum Gasteiger partial charge on any atom is 0.225 e. The topological polar surface area (TPSA) is 41.1 Å². The van der Waals surface area contributed by atoms with Crippen molar-refractivity contribution >= 4 is 5.95 Å². The van der Waals surface area contributed by atoms with Crippen LogP contribution in [0.4, 0.5) is 5.95 Å². The fourth-order valence-corrected chi connectivity index (χ4v) is 2.32. The van der Waals surface area contributed by atoms with Gasteiger partial charge in [0.05, 0.1) is 0 Å². The van der Waals surface area contributed by atoms with Gasteiger partial charge >= 0.3 is 0 Å². The summed E-state index contributed by atoms with van der Waals surface area (Å²) >= 11 is 0. The standard InChI is InChI=1S/C11H16N4/c1-2-13-11(14-3-1)15-7-10(8-15)4-9-5-12-6-9/h1-3,9-10,12H,4-8H2. The molecule has 2 fully saturated rings. The first-order chi connectivity index (χ1) is 7.42. The van der Waals surface area contributed by atoms with Crippen molar-refractivity contribution in [2.24, 2.45) is 11.8 Å². The van der Waals surface area contributed by atoms with Crippen LogP contribution in [0, 0.1) is 11.8 Å². The summed E-state index contributed by atoms with van der Waals surface area (Å²) in [6.07, 6.45) is 4.99. The molecule has 3 rings (SSSR count). The summed E-state index contributed by atoms with van der Waals surface area (Å²) in [7, 11) is 0. The number of hydrogen-bond acceptors (Lipinski definition) is 4. The lowest BCUT2D eigenvalue weighted by molar-refractivity contribution is 0.246. The third-order valence-corrected chi connectivity index (χ3v) is 3.32. The minimum Gasteiger partial charge on any atom is -0.340 e. The van der Waals surface area contributed by atoms with Crippen LogP contribution in [0.1, 0.15) is 6.42 Å². The normalized spacial score (nSPS) is 22.3. The molecular weight excluding hydrogens is 188 g/mol. The third-order valence-electron chi connectivity index (χ3n) is 3.32. The van der Waals surface area contributed by atoms with Crippen LogP contribution in [0.2, 0.25) is 0 Å². The maximum absolute atomic E-state index is 4.25. The van der Waals surface area contributed by atoms with Crippen LogP contribution >= 0.6 is 0 Å². The molecule has 0 unspecified atom stereocenters. The Kier molecular flexibility index (Phi) is 2.29. The molecular formula is C11H16N4. The van der Waals surface area contributed by atoms with Gasteiger partial charge in [-0.2, -0.15) is 0 Å². The van der Waals surface area contributed by atoms with Gasteiger partial charge in [0.15, 0.2) is 0 Å². The lowest BCUT2D eigenvalue weighted by Crippen LogP contribution is -2.51. The minimum absolute atomic E-state index is 0.862. The zero-order valence-corrected chi connectivity index (χ0v) is 8.76. The summed E-state index contributed by atoms with van der Waals surface area (Å²) in [4.78, 5) is 10.8. The molecule has 0 bridgehead atoms. The molecule has 2 saturated heterocycles. The van der Waals surface area contributed by atoms with E-state index in [4.69, 9.17) is 0 Å². The summed E-state index contributed by atoms with van der Waals surface area (Å²) < 4.78 is 0. The van der Waals surface area contributed by atoms with Crippen molar-refractivity contribution in [2.75, 3.05) is 31.1 Å². The summed E-state index contributed by atoms with van der Waals surface area (Å²) in [5.41, 5.74) is 0. The van der Waals surface area contributed by atoms with Gasteiger partial charge in [-0.15, -0.1) is 0 Å². The van der Waals surface area contributed by atoms with E-state index < -0.39 is 0 Å². The van der Waals surface area contributed by atoms with Crippen LogP contribution in [0.15, 0.2) is 18.5 Å². The van der Waals surface area contributed by atoms with Crippen molar-refractivity contribution in [3.63, 3.8) is 0 Å². The van der Waals surface area contributed by atoms with E-state index in [-0.39, 0.29) is 0 Å². The fraction of sp³-hybridized carbons (Fsp3) is 0.636. The van der Waals surface area contributed by atoms with Crippen molar-refractivity contribution < 1.29 is 0 Å². The van der Waals surface area contributed by atoms with Crippen molar-refractivity contribution in [1.29, 1.82) is 0 Å². The van der Waals surface area contributed by atoms with E-state index in [1.165, 1.54) is 19.5 Å². The lowest BCUT2D eigenvalue weighted by atomic mass is 9.86. The van der Waals surface area contributed by atoms with E-state index >= 15 is 0 Å². The monoisotopic (exact) mass is 204 g/mol. The number of nitrogens with one attached hydrogen (secondary N) is 1. The van der Waals surface area contributed by atoms with E-state index in [0.717, 1.165) is 30.9 Å². The molecule has 1 aromatic heterocycles. The Morgan fingerprint density at radius 2 is 1.93 bits per heavy atom. The fourth-order valence-electron chi connectivity index (χ4n) is 2.32. The second kappa shape index (κ2) is 3.77. The van der Waals surface area contributed by atoms with E-state index in [1.54, 1.807) is 0 Å². The van der Waals surface area contributed by atoms with Gasteiger partial charge in [-0.05, 0) is 37.4 Å². The van der Waals surface area contributed by atoms with Crippen LogP contribution in [-0.2, 0) is 0 Å². The molecule has 2 aliphatic heterocycles. The number of rotatable bonds is 3. The van der Waals surface area contributed by atoms with Crippen molar-refractivity contribution in [2.45, 2.75) is 6.42 Å². The molecule has 2 aliphatic rings. The van der Waals surface area contributed by atoms with Crippen LogP contribution in [0.25, 0.3) is 0 Å². The summed E-state index contributed by atoms with van der Waals surface area (Å²) in [5, 5.41) is 3.32. The zero-order valence-electron chi connectivity index (χ0n) is 8.76. The zero-order chi connectivity index (χ0) is 10.1. The van der Waals surface area contributed by atoms with Crippen LogP contribution < -0.4 is 10.2 Å². The highest BCUT2D eigenvalue weighted by Gasteiger charge is 2.31. The quantitative estimate of drug-likeness (QED) is 0.779. The highest BCUT2D eigenvalue weighted by molar-refractivity contribution is 5.32. The van der Waals surface area contributed by atoms with Crippen molar-refractivity contribution in [3.05, 3.63) is 18.5 Å². The average molecular weight is 204 g/mol. The SMILES string of the molecule is c1cnc(N2CC(CC3CNC3)C2)nc1. The third kappa shape index (κ3) is 1.81. The molecule has 1 N–H and O–H groups in total. The summed E-state index contributed by atoms with van der Waals surface area (Å²) in [5.74, 6) is 2.68. The van der Waals surface area contributed by atoms with Gasteiger partial charge in [-0.1, -0.05) is 0 Å². The smallest absolute Gasteiger partial charge is 0.225 e. The summed E-state index contributed by atoms with van der Waals surface area (Å²) in [6.45, 7) is 4.72. The van der Waals surface area contributed by atoms with E-state index in [0.29, 0.717) is 0 Å². The van der Waals surface area contributed by atoms with Gasteiger partial charge in [-0.25, -0.2) is 9.97 Å². The molecule has 0 radical (unpaired) electrons. The molecule has 15 heavy (non-hydrogen) atoms. The molecule has 80 valence electrons. The molecule has 0 spiro atoms. The largest absolute Gasteiger partial charge is 0.340 e. The molecule has 3 heterocycles. The highest BCUT2D eigenvalue weighted by Crippen LogP contribution is 2.27. The van der Waals surface area contributed by atoms with E-state index in [9.17, 15) is 0 Å². The van der Waals surface area contributed by atoms with Gasteiger partial charge in [0, 0.05) is 25.5 Å². The number of aromatic nitrogens is 2. The second-order valence-electron chi connectivity index (χ2n) is 4.58. The van der Waals surface area contributed by atoms with E-state index in [1.807, 2.05) is 18.5 Å². The Hall–Kier alpha value is -1.16. The minimum atomic E-state index is 0.862. The highest BCUT2D eigenvalue weighted by atomic mass is 15.3. The van der Waals surface area contributed by atoms with E-state index in [2.05, 4.69) is 20.2 Å². The van der Waals surface area contributed by atoms with Gasteiger partial charge in [0.25, 0.3) is 0 Å². The van der Waals surface area contributed by atoms with Crippen molar-refractivity contribution in [1.82, 2.24) is 15.3 Å². The molecule has 0 aromatic carbocycles. The molecule has 4 heteroatoms. The summed E-state index contributed by atoms with van der Waals surface area (Å²) in [6, 6.07) is 1.86. The Bertz CT molecular complexity index is 317. The first kappa shape index (κ1) is 9.09. The van der Waals surface area contributed by atoms with Crippen molar-refractivity contribution in [3.8, 4) is 0 Å². The molecule has 0 amide bonds. The number of anilines is 1. The number of hydrogen-bond donors (Lipinski definition) is 1. The van der Waals surface area contributed by atoms with Gasteiger partial charge in [-0.3, -0.25) is 0 Å². The maximum atomic E-state index is 4.25. The Labute approximate surface area is 89.7 Å². The van der Waals surface area contributed by atoms with Crippen LogP contribution in [0.5, 0.6) is 0 Å². The van der Waals surface area contributed by atoms with Gasteiger partial charge < -0.3 is 10.2 Å². The Morgan fingerprint density at radius 3 is 2.53 bits per heavy atom. The first-order valence-corrected chi connectivity index (χ1v) is 5.64. The second-order valence-corrected chi connectivity index (χ2v) is 4.58. The molecule has 0 aliphatic carbocycles. The van der Waals surface area contributed by atoms with Crippen LogP contribution in [0.3, 0.4) is 0 Å². The molecule has 0 saturated carbocycles. The van der Waals surface area contributed by atoms with Crippen LogP contribution in [-0.4, -0.2) is 36.1 Å². The Morgan fingerprint density at radius 1 is 1.20 bits per heavy atom. The predicted molar refractivity (Wildman–Crippen MR) is 58.7 cm³/mol. The average Bonchev–Trinajstić information content (AvgIpc) is 2.14. The first-order valence-electron chi connectivity index (χ1n) is 5.64.